The molecular formula is C16H20N4O. The number of nitrogens with one attached hydrogen (secondary N) is 1. The number of aromatic nitrogens is 1. The van der Waals surface area contributed by atoms with Gasteiger partial charge in [-0.05, 0) is 42.3 Å². The van der Waals surface area contributed by atoms with Crippen molar-refractivity contribution in [3.8, 4) is 0 Å². The zero-order valence-electron chi connectivity index (χ0n) is 12.6. The Kier molecular flexibility index (Phi) is 4.42. The highest BCUT2D eigenvalue weighted by Gasteiger charge is 2.10. The third-order valence-electron chi connectivity index (χ3n) is 3.31. The maximum Gasteiger partial charge on any atom is 0.253 e. The Bertz CT molecular complexity index is 652. The standard InChI is InChI=1S/C16H20N4O/c1-11-9-18-7-6-13(11)10-19-15-5-4-12(8-14(15)17)16(21)20(2)3/h4-9,19H,10,17H2,1-3H3. The fourth-order valence-electron chi connectivity index (χ4n) is 2.01. The average molecular weight is 284 g/mol. The van der Waals surface area contributed by atoms with E-state index >= 15 is 0 Å². The third-order valence-corrected chi connectivity index (χ3v) is 3.31. The van der Waals surface area contributed by atoms with Crippen molar-refractivity contribution >= 4 is 17.3 Å². The fraction of sp³-hybridized carbons (Fsp3) is 0.250. The number of hydrogen-bond acceptors (Lipinski definition) is 4. The molecule has 21 heavy (non-hydrogen) atoms. The SMILES string of the molecule is Cc1cnccc1CNc1ccc(C(=O)N(C)C)cc1N. The number of nitrogens with zero attached hydrogens (tertiary/aromatic N) is 2. The quantitative estimate of drug-likeness (QED) is 0.845. The number of pyridine rings is 1. The van der Waals surface area contributed by atoms with Gasteiger partial charge in [0.2, 0.25) is 0 Å². The molecule has 5 nitrogen and oxygen atoms in total. The summed E-state index contributed by atoms with van der Waals surface area (Å²) in [5.74, 6) is -0.0572. The van der Waals surface area contributed by atoms with Gasteiger partial charge < -0.3 is 16.0 Å². The van der Waals surface area contributed by atoms with Crippen LogP contribution >= 0.6 is 0 Å². The highest BCUT2D eigenvalue weighted by atomic mass is 16.2. The Morgan fingerprint density at radius 1 is 1.33 bits per heavy atom. The van der Waals surface area contributed by atoms with Crippen LogP contribution < -0.4 is 11.1 Å². The van der Waals surface area contributed by atoms with E-state index in [0.29, 0.717) is 17.8 Å². The summed E-state index contributed by atoms with van der Waals surface area (Å²) in [6, 6.07) is 7.29. The molecule has 0 aliphatic heterocycles. The van der Waals surface area contributed by atoms with Gasteiger partial charge in [0, 0.05) is 38.6 Å². The highest BCUT2D eigenvalue weighted by molar-refractivity contribution is 5.95. The minimum absolute atomic E-state index is 0.0572. The summed E-state index contributed by atoms with van der Waals surface area (Å²) in [5, 5.41) is 3.29. The van der Waals surface area contributed by atoms with Crippen LogP contribution in [0.3, 0.4) is 0 Å². The molecule has 2 aromatic rings. The van der Waals surface area contributed by atoms with E-state index in [1.54, 1.807) is 32.4 Å². The largest absolute Gasteiger partial charge is 0.397 e. The van der Waals surface area contributed by atoms with Crippen LogP contribution in [0.5, 0.6) is 0 Å². The number of hydrogen-bond donors (Lipinski definition) is 2. The van der Waals surface area contributed by atoms with Crippen LogP contribution in [-0.2, 0) is 6.54 Å². The van der Waals surface area contributed by atoms with E-state index < -0.39 is 0 Å². The molecule has 1 aromatic heterocycles. The van der Waals surface area contributed by atoms with Gasteiger partial charge in [0.05, 0.1) is 11.4 Å². The number of rotatable bonds is 4. The first-order valence-corrected chi connectivity index (χ1v) is 6.73. The molecule has 3 N–H and O–H groups in total. The van der Waals surface area contributed by atoms with Gasteiger partial charge in [0.25, 0.3) is 5.91 Å². The molecule has 0 radical (unpaired) electrons. The van der Waals surface area contributed by atoms with Crippen molar-refractivity contribution in [2.24, 2.45) is 0 Å². The number of nitrogens with two attached hydrogens (primary N) is 1. The van der Waals surface area contributed by atoms with Gasteiger partial charge in [-0.3, -0.25) is 9.78 Å². The number of carbonyl (C=O) groups excluding carboxylic acids is 1. The molecule has 5 heteroatoms. The molecule has 0 saturated carbocycles. The van der Waals surface area contributed by atoms with E-state index in [0.717, 1.165) is 16.8 Å². The summed E-state index contributed by atoms with van der Waals surface area (Å²) in [6.07, 6.45) is 3.60. The second-order valence-corrected chi connectivity index (χ2v) is 5.16. The zero-order valence-corrected chi connectivity index (χ0v) is 12.6. The second kappa shape index (κ2) is 6.26. The predicted octanol–water partition coefficient (Wildman–Crippen LogP) is 2.29. The van der Waals surface area contributed by atoms with Gasteiger partial charge in [-0.25, -0.2) is 0 Å². The Morgan fingerprint density at radius 2 is 2.10 bits per heavy atom. The van der Waals surface area contributed by atoms with Crippen molar-refractivity contribution < 1.29 is 4.79 Å². The lowest BCUT2D eigenvalue weighted by Crippen LogP contribution is -2.21. The first-order chi connectivity index (χ1) is 9.99. The summed E-state index contributed by atoms with van der Waals surface area (Å²) >= 11 is 0. The Morgan fingerprint density at radius 3 is 2.71 bits per heavy atom. The molecule has 0 aliphatic carbocycles. The second-order valence-electron chi connectivity index (χ2n) is 5.16. The van der Waals surface area contributed by atoms with Gasteiger partial charge in [-0.2, -0.15) is 0 Å². The van der Waals surface area contributed by atoms with E-state index in [9.17, 15) is 4.79 Å². The average Bonchev–Trinajstić information content (AvgIpc) is 2.46. The molecule has 2 rings (SSSR count). The number of nitrogen functional groups attached to an aromatic ring is 1. The molecule has 1 amide bonds. The normalized spacial score (nSPS) is 10.2. The lowest BCUT2D eigenvalue weighted by Gasteiger charge is -2.14. The van der Waals surface area contributed by atoms with E-state index in [4.69, 9.17) is 5.73 Å². The van der Waals surface area contributed by atoms with Crippen LogP contribution in [0.25, 0.3) is 0 Å². The molecule has 0 unspecified atom stereocenters. The van der Waals surface area contributed by atoms with Gasteiger partial charge in [-0.1, -0.05) is 0 Å². The van der Waals surface area contributed by atoms with Crippen molar-refractivity contribution in [2.45, 2.75) is 13.5 Å². The minimum atomic E-state index is -0.0572. The zero-order chi connectivity index (χ0) is 15.4. The molecule has 0 atom stereocenters. The first kappa shape index (κ1) is 14.8. The lowest BCUT2D eigenvalue weighted by molar-refractivity contribution is 0.0827. The van der Waals surface area contributed by atoms with Gasteiger partial charge in [0.1, 0.15) is 0 Å². The summed E-state index contributed by atoms with van der Waals surface area (Å²) < 4.78 is 0. The van der Waals surface area contributed by atoms with Crippen molar-refractivity contribution in [1.29, 1.82) is 0 Å². The molecule has 1 aromatic carbocycles. The van der Waals surface area contributed by atoms with Gasteiger partial charge in [-0.15, -0.1) is 0 Å². The van der Waals surface area contributed by atoms with Crippen molar-refractivity contribution in [1.82, 2.24) is 9.88 Å². The molecule has 0 spiro atoms. The molecule has 0 bridgehead atoms. The van der Waals surface area contributed by atoms with Crippen LogP contribution in [0.1, 0.15) is 21.5 Å². The van der Waals surface area contributed by atoms with E-state index in [1.807, 2.05) is 25.3 Å². The van der Waals surface area contributed by atoms with Crippen LogP contribution in [0, 0.1) is 6.92 Å². The molecule has 0 aliphatic rings. The van der Waals surface area contributed by atoms with E-state index in [-0.39, 0.29) is 5.91 Å². The van der Waals surface area contributed by atoms with Crippen LogP contribution in [0.15, 0.2) is 36.7 Å². The maximum atomic E-state index is 11.9. The Hall–Kier alpha value is -2.56. The first-order valence-electron chi connectivity index (χ1n) is 6.73. The van der Waals surface area contributed by atoms with Crippen LogP contribution in [0.4, 0.5) is 11.4 Å². The van der Waals surface area contributed by atoms with Crippen molar-refractivity contribution in [2.75, 3.05) is 25.1 Å². The molecule has 0 saturated heterocycles. The summed E-state index contributed by atoms with van der Waals surface area (Å²) in [6.45, 7) is 2.69. The maximum absolute atomic E-state index is 11.9. The predicted molar refractivity (Wildman–Crippen MR) is 85.2 cm³/mol. The number of carbonyl (C=O) groups is 1. The topological polar surface area (TPSA) is 71.2 Å². The lowest BCUT2D eigenvalue weighted by atomic mass is 10.1. The van der Waals surface area contributed by atoms with Crippen LogP contribution in [0.2, 0.25) is 0 Å². The van der Waals surface area contributed by atoms with E-state index in [2.05, 4.69) is 10.3 Å². The molecule has 1 heterocycles. The minimum Gasteiger partial charge on any atom is -0.397 e. The Labute approximate surface area is 124 Å². The number of anilines is 2. The van der Waals surface area contributed by atoms with Gasteiger partial charge >= 0.3 is 0 Å². The molecule has 0 fully saturated rings. The summed E-state index contributed by atoms with van der Waals surface area (Å²) in [7, 11) is 3.44. The fourth-order valence-corrected chi connectivity index (χ4v) is 2.01. The van der Waals surface area contributed by atoms with E-state index in [1.165, 1.54) is 4.90 Å². The molecule has 110 valence electrons. The smallest absolute Gasteiger partial charge is 0.253 e. The number of amides is 1. The summed E-state index contributed by atoms with van der Waals surface area (Å²) in [5.41, 5.74) is 10.3. The molecular weight excluding hydrogens is 264 g/mol. The van der Waals surface area contributed by atoms with Crippen molar-refractivity contribution in [3.63, 3.8) is 0 Å². The van der Waals surface area contributed by atoms with Crippen LogP contribution in [-0.4, -0.2) is 29.9 Å². The highest BCUT2D eigenvalue weighted by Crippen LogP contribution is 2.21. The number of aryl methyl sites for hydroxylation is 1. The summed E-state index contributed by atoms with van der Waals surface area (Å²) in [4.78, 5) is 17.5. The third kappa shape index (κ3) is 3.51. The van der Waals surface area contributed by atoms with Crippen molar-refractivity contribution in [3.05, 3.63) is 53.3 Å². The number of benzene rings is 1. The monoisotopic (exact) mass is 284 g/mol. The Balaban J connectivity index is 2.12. The van der Waals surface area contributed by atoms with Gasteiger partial charge in [0.15, 0.2) is 0 Å².